The van der Waals surface area contributed by atoms with E-state index in [2.05, 4.69) is 10.2 Å². The molecule has 0 amide bonds. The quantitative estimate of drug-likeness (QED) is 0.542. The van der Waals surface area contributed by atoms with Gasteiger partial charge in [-0.05, 0) is 12.5 Å². The number of fused-ring (bicyclic) bond motifs is 1. The van der Waals surface area contributed by atoms with Crippen LogP contribution in [0.3, 0.4) is 0 Å². The van der Waals surface area contributed by atoms with Crippen LogP contribution >= 0.6 is 11.8 Å². The van der Waals surface area contributed by atoms with E-state index in [1.165, 1.54) is 25.1 Å². The SMILES string of the molecule is CC(=O)SCCC(O)C(O)c1[nH]nc2ccc([N+](=O)[O-])cc12. The lowest BCUT2D eigenvalue weighted by Gasteiger charge is -2.16. The van der Waals surface area contributed by atoms with E-state index in [1.54, 1.807) is 0 Å². The third kappa shape index (κ3) is 3.62. The lowest BCUT2D eigenvalue weighted by molar-refractivity contribution is -0.384. The monoisotopic (exact) mass is 325 g/mol. The number of aromatic nitrogens is 2. The van der Waals surface area contributed by atoms with E-state index in [0.29, 0.717) is 16.7 Å². The minimum Gasteiger partial charge on any atom is -0.390 e. The number of benzene rings is 1. The summed E-state index contributed by atoms with van der Waals surface area (Å²) in [6, 6.07) is 4.09. The zero-order valence-electron chi connectivity index (χ0n) is 11.7. The van der Waals surface area contributed by atoms with Crippen LogP contribution in [0.25, 0.3) is 10.9 Å². The molecule has 8 nitrogen and oxygen atoms in total. The van der Waals surface area contributed by atoms with Crippen molar-refractivity contribution in [1.82, 2.24) is 10.2 Å². The van der Waals surface area contributed by atoms with Crippen LogP contribution in [0.15, 0.2) is 18.2 Å². The molecule has 9 heteroatoms. The summed E-state index contributed by atoms with van der Waals surface area (Å²) in [6.07, 6.45) is -2.16. The Morgan fingerprint density at radius 3 is 2.86 bits per heavy atom. The lowest BCUT2D eigenvalue weighted by atomic mass is 10.0. The fraction of sp³-hybridized carbons (Fsp3) is 0.385. The summed E-state index contributed by atoms with van der Waals surface area (Å²) in [5.74, 6) is 0.375. The van der Waals surface area contributed by atoms with Gasteiger partial charge < -0.3 is 10.2 Å². The van der Waals surface area contributed by atoms with Gasteiger partial charge in [0.05, 0.1) is 22.2 Å². The van der Waals surface area contributed by atoms with Gasteiger partial charge in [0, 0.05) is 30.2 Å². The van der Waals surface area contributed by atoms with Crippen LogP contribution < -0.4 is 0 Å². The summed E-state index contributed by atoms with van der Waals surface area (Å²) in [7, 11) is 0. The van der Waals surface area contributed by atoms with Crippen molar-refractivity contribution in [2.45, 2.75) is 25.6 Å². The Hall–Kier alpha value is -1.97. The molecule has 22 heavy (non-hydrogen) atoms. The van der Waals surface area contributed by atoms with Gasteiger partial charge in [-0.2, -0.15) is 5.10 Å². The maximum absolute atomic E-state index is 10.8. The number of H-pyrrole nitrogens is 1. The highest BCUT2D eigenvalue weighted by Gasteiger charge is 2.23. The molecule has 0 aliphatic rings. The molecule has 2 atom stereocenters. The normalized spacial score (nSPS) is 14.0. The number of aromatic amines is 1. The molecule has 3 N–H and O–H groups in total. The highest BCUT2D eigenvalue weighted by molar-refractivity contribution is 8.13. The van der Waals surface area contributed by atoms with Crippen LogP contribution in [0.4, 0.5) is 5.69 Å². The van der Waals surface area contributed by atoms with E-state index in [9.17, 15) is 25.1 Å². The smallest absolute Gasteiger partial charge is 0.270 e. The van der Waals surface area contributed by atoms with Gasteiger partial charge in [0.25, 0.3) is 5.69 Å². The lowest BCUT2D eigenvalue weighted by Crippen LogP contribution is -2.19. The molecular formula is C13H15N3O5S. The molecule has 0 aliphatic heterocycles. The van der Waals surface area contributed by atoms with Crippen molar-refractivity contribution in [3.63, 3.8) is 0 Å². The molecule has 0 fully saturated rings. The first-order chi connectivity index (χ1) is 10.4. The third-order valence-electron chi connectivity index (χ3n) is 3.16. The van der Waals surface area contributed by atoms with Gasteiger partial charge in [0.15, 0.2) is 5.12 Å². The van der Waals surface area contributed by atoms with E-state index in [0.717, 1.165) is 11.8 Å². The number of nitro groups is 1. The first-order valence-electron chi connectivity index (χ1n) is 6.52. The van der Waals surface area contributed by atoms with Crippen molar-refractivity contribution in [1.29, 1.82) is 0 Å². The molecule has 0 radical (unpaired) electrons. The van der Waals surface area contributed by atoms with Crippen molar-refractivity contribution in [3.8, 4) is 0 Å². The molecule has 0 saturated carbocycles. The number of hydrogen-bond acceptors (Lipinski definition) is 7. The maximum atomic E-state index is 10.8. The van der Waals surface area contributed by atoms with Gasteiger partial charge in [0.1, 0.15) is 6.10 Å². The van der Waals surface area contributed by atoms with E-state index >= 15 is 0 Å². The topological polar surface area (TPSA) is 129 Å². The van der Waals surface area contributed by atoms with Crippen molar-refractivity contribution in [2.75, 3.05) is 5.75 Å². The Labute approximate surface area is 129 Å². The van der Waals surface area contributed by atoms with Crippen LogP contribution in [-0.2, 0) is 4.79 Å². The molecule has 1 aromatic heterocycles. The van der Waals surface area contributed by atoms with Crippen LogP contribution in [-0.4, -0.2) is 42.3 Å². The van der Waals surface area contributed by atoms with E-state index in [1.807, 2.05) is 0 Å². The molecule has 2 aromatic rings. The van der Waals surface area contributed by atoms with E-state index in [-0.39, 0.29) is 22.9 Å². The fourth-order valence-electron chi connectivity index (χ4n) is 2.03. The van der Waals surface area contributed by atoms with E-state index < -0.39 is 17.1 Å². The van der Waals surface area contributed by atoms with Crippen molar-refractivity contribution in [3.05, 3.63) is 34.0 Å². The number of aliphatic hydroxyl groups is 2. The van der Waals surface area contributed by atoms with Gasteiger partial charge >= 0.3 is 0 Å². The number of nitrogens with one attached hydrogen (secondary N) is 1. The van der Waals surface area contributed by atoms with Gasteiger partial charge in [-0.25, -0.2) is 0 Å². The standard InChI is InChI=1S/C13H15N3O5S/c1-7(17)22-5-4-11(18)13(19)12-9-6-8(16(20)21)2-3-10(9)14-15-12/h2-3,6,11,13,18-19H,4-5H2,1H3,(H,14,15). The molecule has 1 heterocycles. The van der Waals surface area contributed by atoms with Gasteiger partial charge in [-0.3, -0.25) is 20.0 Å². The number of aliphatic hydroxyl groups excluding tert-OH is 2. The average molecular weight is 325 g/mol. The number of hydrogen-bond donors (Lipinski definition) is 3. The van der Waals surface area contributed by atoms with Crippen LogP contribution in [0.5, 0.6) is 0 Å². The first kappa shape index (κ1) is 16.4. The van der Waals surface area contributed by atoms with Gasteiger partial charge in [0.2, 0.25) is 0 Å². The minimum absolute atomic E-state index is 0.0655. The molecule has 0 aliphatic carbocycles. The van der Waals surface area contributed by atoms with Crippen molar-refractivity contribution >= 4 is 33.5 Å². The number of nitro benzene ring substituents is 1. The van der Waals surface area contributed by atoms with Gasteiger partial charge in [-0.1, -0.05) is 11.8 Å². The zero-order valence-corrected chi connectivity index (χ0v) is 12.5. The second-order valence-corrected chi connectivity index (χ2v) is 6.01. The largest absolute Gasteiger partial charge is 0.390 e. The Balaban J connectivity index is 2.20. The van der Waals surface area contributed by atoms with Crippen LogP contribution in [0, 0.1) is 10.1 Å². The van der Waals surface area contributed by atoms with Crippen LogP contribution in [0.1, 0.15) is 25.1 Å². The predicted octanol–water partition coefficient (Wildman–Crippen LogP) is 1.54. The van der Waals surface area contributed by atoms with E-state index in [4.69, 9.17) is 0 Å². The summed E-state index contributed by atoms with van der Waals surface area (Å²) in [4.78, 5) is 21.1. The molecule has 118 valence electrons. The summed E-state index contributed by atoms with van der Waals surface area (Å²) >= 11 is 1.06. The Morgan fingerprint density at radius 1 is 1.50 bits per heavy atom. The molecule has 2 unspecified atom stereocenters. The second kappa shape index (κ2) is 6.86. The molecule has 2 rings (SSSR count). The molecule has 1 aromatic carbocycles. The summed E-state index contributed by atoms with van der Waals surface area (Å²) in [6.45, 7) is 1.43. The summed E-state index contributed by atoms with van der Waals surface area (Å²) in [5, 5.41) is 37.9. The Bertz CT molecular complexity index is 702. The highest BCUT2D eigenvalue weighted by atomic mass is 32.2. The summed E-state index contributed by atoms with van der Waals surface area (Å²) in [5.41, 5.74) is 0.563. The number of carbonyl (C=O) groups excluding carboxylic acids is 1. The van der Waals surface area contributed by atoms with Crippen LogP contribution in [0.2, 0.25) is 0 Å². The molecule has 0 saturated heterocycles. The second-order valence-electron chi connectivity index (χ2n) is 4.74. The maximum Gasteiger partial charge on any atom is 0.270 e. The first-order valence-corrected chi connectivity index (χ1v) is 7.50. The number of thioether (sulfide) groups is 1. The number of rotatable bonds is 6. The fourth-order valence-corrected chi connectivity index (χ4v) is 2.68. The zero-order chi connectivity index (χ0) is 16.3. The molecular weight excluding hydrogens is 310 g/mol. The predicted molar refractivity (Wildman–Crippen MR) is 81.5 cm³/mol. The van der Waals surface area contributed by atoms with Gasteiger partial charge in [-0.15, -0.1) is 0 Å². The number of nitrogens with zero attached hydrogens (tertiary/aromatic N) is 2. The minimum atomic E-state index is -1.26. The molecule has 0 spiro atoms. The highest BCUT2D eigenvalue weighted by Crippen LogP contribution is 2.28. The summed E-state index contributed by atoms with van der Waals surface area (Å²) < 4.78 is 0. The molecule has 0 bridgehead atoms. The Kier molecular flexibility index (Phi) is 5.11. The van der Waals surface area contributed by atoms with Crippen molar-refractivity contribution in [2.24, 2.45) is 0 Å². The third-order valence-corrected chi connectivity index (χ3v) is 4.00. The average Bonchev–Trinajstić information content (AvgIpc) is 2.88. The number of non-ortho nitro benzene ring substituents is 1. The Morgan fingerprint density at radius 2 is 2.23 bits per heavy atom. The number of carbonyl (C=O) groups is 1. The van der Waals surface area contributed by atoms with Crippen molar-refractivity contribution < 1.29 is 19.9 Å².